The van der Waals surface area contributed by atoms with Gasteiger partial charge in [0.1, 0.15) is 6.61 Å². The van der Waals surface area contributed by atoms with Crippen LogP contribution in [0, 0.1) is 0 Å². The van der Waals surface area contributed by atoms with Crippen molar-refractivity contribution < 1.29 is 23.7 Å². The first-order chi connectivity index (χ1) is 10.7. The molecular weight excluding hydrogens is 286 g/mol. The van der Waals surface area contributed by atoms with E-state index in [-0.39, 0.29) is 0 Å². The van der Waals surface area contributed by atoms with Crippen LogP contribution < -0.4 is 14.2 Å². The molecule has 0 aliphatic rings. The van der Waals surface area contributed by atoms with Crippen molar-refractivity contribution in [3.05, 3.63) is 48.2 Å². The minimum atomic E-state index is 0.375. The largest absolute Gasteiger partial charge is 0.493 e. The van der Waals surface area contributed by atoms with E-state index in [2.05, 4.69) is 9.72 Å². The number of nitrogens with zero attached hydrogens (tertiary/aromatic N) is 1. The summed E-state index contributed by atoms with van der Waals surface area (Å²) >= 11 is 0. The van der Waals surface area contributed by atoms with E-state index in [0.29, 0.717) is 30.5 Å². The normalized spacial score (nSPS) is 9.05. The first kappa shape index (κ1) is 17.3. The summed E-state index contributed by atoms with van der Waals surface area (Å²) in [5.74, 6) is 1.71. The molecule has 1 aromatic carbocycles. The van der Waals surface area contributed by atoms with E-state index >= 15 is 0 Å². The predicted molar refractivity (Wildman–Crippen MR) is 81.2 cm³/mol. The molecule has 0 bridgehead atoms. The molecule has 6 nitrogen and oxygen atoms in total. The van der Waals surface area contributed by atoms with Gasteiger partial charge in [0.2, 0.25) is 5.88 Å². The van der Waals surface area contributed by atoms with Gasteiger partial charge in [-0.1, -0.05) is 30.3 Å². The molecule has 0 saturated carbocycles. The molecule has 0 aliphatic carbocycles. The molecule has 0 amide bonds. The molecule has 2 aromatic rings. The Labute approximate surface area is 129 Å². The molecule has 1 heterocycles. The summed E-state index contributed by atoms with van der Waals surface area (Å²) in [5, 5.41) is 0. The zero-order chi connectivity index (χ0) is 16.2. The quantitative estimate of drug-likeness (QED) is 0.764. The average molecular weight is 305 g/mol. The summed E-state index contributed by atoms with van der Waals surface area (Å²) in [4.78, 5) is 13.0. The first-order valence-electron chi connectivity index (χ1n) is 6.46. The number of rotatable bonds is 6. The molecule has 0 radical (unpaired) electrons. The number of aromatic nitrogens is 1. The Hall–Kier alpha value is -2.76. The number of pyridine rings is 1. The number of carbonyl (C=O) groups is 1. The van der Waals surface area contributed by atoms with Crippen LogP contribution in [0.1, 0.15) is 5.56 Å². The summed E-state index contributed by atoms with van der Waals surface area (Å²) in [6, 6.07) is 11.6. The van der Waals surface area contributed by atoms with E-state index in [1.54, 1.807) is 26.5 Å². The van der Waals surface area contributed by atoms with E-state index in [0.717, 1.165) is 5.56 Å². The lowest BCUT2D eigenvalue weighted by Gasteiger charge is -2.11. The molecule has 0 atom stereocenters. The minimum Gasteiger partial charge on any atom is -0.493 e. The van der Waals surface area contributed by atoms with Crippen molar-refractivity contribution in [2.45, 2.75) is 6.61 Å². The molecule has 0 N–H and O–H groups in total. The first-order valence-corrected chi connectivity index (χ1v) is 6.46. The van der Waals surface area contributed by atoms with Crippen LogP contribution in [0.25, 0.3) is 0 Å². The van der Waals surface area contributed by atoms with Crippen molar-refractivity contribution in [1.29, 1.82) is 0 Å². The molecule has 0 saturated heterocycles. The number of benzene rings is 1. The van der Waals surface area contributed by atoms with Crippen LogP contribution in [-0.2, 0) is 16.1 Å². The summed E-state index contributed by atoms with van der Waals surface area (Å²) in [6.45, 7) is 0.852. The molecule has 0 fully saturated rings. The number of methoxy groups -OCH3 is 3. The Kier molecular flexibility index (Phi) is 7.89. The third kappa shape index (κ3) is 5.70. The zero-order valence-corrected chi connectivity index (χ0v) is 12.8. The smallest absolute Gasteiger partial charge is 0.292 e. The Bertz CT molecular complexity index is 560. The zero-order valence-electron chi connectivity index (χ0n) is 12.8. The van der Waals surface area contributed by atoms with Crippen LogP contribution in [0.3, 0.4) is 0 Å². The molecular formula is C16H19NO5. The second-order valence-corrected chi connectivity index (χ2v) is 3.98. The molecule has 0 aliphatic heterocycles. The highest BCUT2D eigenvalue weighted by molar-refractivity contribution is 5.41. The molecule has 0 spiro atoms. The maximum Gasteiger partial charge on any atom is 0.292 e. The summed E-state index contributed by atoms with van der Waals surface area (Å²) in [6.07, 6.45) is 1.60. The van der Waals surface area contributed by atoms with Crippen molar-refractivity contribution in [2.75, 3.05) is 21.3 Å². The highest BCUT2D eigenvalue weighted by Gasteiger charge is 2.07. The monoisotopic (exact) mass is 305 g/mol. The predicted octanol–water partition coefficient (Wildman–Crippen LogP) is 2.47. The molecule has 118 valence electrons. The van der Waals surface area contributed by atoms with Crippen LogP contribution in [0.5, 0.6) is 17.4 Å². The highest BCUT2D eigenvalue weighted by Crippen LogP contribution is 2.29. The lowest BCUT2D eigenvalue weighted by molar-refractivity contribution is -0.126. The topological polar surface area (TPSA) is 66.9 Å². The van der Waals surface area contributed by atoms with Gasteiger partial charge in [0, 0.05) is 6.07 Å². The fourth-order valence-electron chi connectivity index (χ4n) is 1.52. The fraction of sp³-hybridized carbons (Fsp3) is 0.250. The van der Waals surface area contributed by atoms with Crippen molar-refractivity contribution in [3.63, 3.8) is 0 Å². The summed E-state index contributed by atoms with van der Waals surface area (Å²) in [5.41, 5.74) is 1.09. The Morgan fingerprint density at radius 1 is 1.05 bits per heavy atom. The highest BCUT2D eigenvalue weighted by atomic mass is 16.5. The molecule has 0 unspecified atom stereocenters. The Morgan fingerprint density at radius 3 is 2.27 bits per heavy atom. The van der Waals surface area contributed by atoms with Gasteiger partial charge in [0.15, 0.2) is 11.5 Å². The third-order valence-electron chi connectivity index (χ3n) is 2.57. The summed E-state index contributed by atoms with van der Waals surface area (Å²) in [7, 11) is 4.46. The number of hydrogen-bond acceptors (Lipinski definition) is 6. The van der Waals surface area contributed by atoms with E-state index in [9.17, 15) is 0 Å². The van der Waals surface area contributed by atoms with E-state index in [1.165, 1.54) is 7.11 Å². The molecule has 22 heavy (non-hydrogen) atoms. The maximum absolute atomic E-state index is 8.95. The van der Waals surface area contributed by atoms with Crippen LogP contribution in [0.15, 0.2) is 42.6 Å². The second-order valence-electron chi connectivity index (χ2n) is 3.98. The van der Waals surface area contributed by atoms with Gasteiger partial charge in [0.05, 0.1) is 27.5 Å². The Balaban J connectivity index is 0.000000541. The van der Waals surface area contributed by atoms with Crippen molar-refractivity contribution in [3.8, 4) is 17.4 Å². The minimum absolute atomic E-state index is 0.375. The van der Waals surface area contributed by atoms with Crippen LogP contribution in [0.2, 0.25) is 0 Å². The van der Waals surface area contributed by atoms with Crippen molar-refractivity contribution in [1.82, 2.24) is 4.98 Å². The van der Waals surface area contributed by atoms with Gasteiger partial charge in [-0.3, -0.25) is 4.79 Å². The van der Waals surface area contributed by atoms with Crippen molar-refractivity contribution >= 4 is 6.47 Å². The van der Waals surface area contributed by atoms with Crippen LogP contribution >= 0.6 is 0 Å². The number of hydrogen-bond donors (Lipinski definition) is 0. The SMILES string of the molecule is COC=O.COc1cc(OC)c(OCc2ccccc2)cn1. The van der Waals surface area contributed by atoms with Gasteiger partial charge in [0.25, 0.3) is 6.47 Å². The van der Waals surface area contributed by atoms with Gasteiger partial charge in [-0.2, -0.15) is 0 Å². The fourth-order valence-corrected chi connectivity index (χ4v) is 1.52. The van der Waals surface area contributed by atoms with Crippen LogP contribution in [-0.4, -0.2) is 32.8 Å². The van der Waals surface area contributed by atoms with E-state index in [1.807, 2.05) is 30.3 Å². The third-order valence-corrected chi connectivity index (χ3v) is 2.57. The average Bonchev–Trinajstić information content (AvgIpc) is 2.60. The number of ether oxygens (including phenoxy) is 4. The van der Waals surface area contributed by atoms with Crippen molar-refractivity contribution in [2.24, 2.45) is 0 Å². The molecule has 1 aromatic heterocycles. The maximum atomic E-state index is 8.95. The van der Waals surface area contributed by atoms with Gasteiger partial charge in [-0.05, 0) is 5.56 Å². The lowest BCUT2D eigenvalue weighted by Crippen LogP contribution is -1.99. The van der Waals surface area contributed by atoms with E-state index < -0.39 is 0 Å². The molecule has 6 heteroatoms. The second kappa shape index (κ2) is 10.0. The molecule has 2 rings (SSSR count). The van der Waals surface area contributed by atoms with Crippen LogP contribution in [0.4, 0.5) is 0 Å². The van der Waals surface area contributed by atoms with Gasteiger partial charge in [-0.25, -0.2) is 4.98 Å². The summed E-state index contributed by atoms with van der Waals surface area (Å²) < 4.78 is 19.8. The van der Waals surface area contributed by atoms with Gasteiger partial charge in [-0.15, -0.1) is 0 Å². The van der Waals surface area contributed by atoms with E-state index in [4.69, 9.17) is 19.0 Å². The standard InChI is InChI=1S/C14H15NO3.C2H4O2/c1-16-12-8-14(17-2)15-9-13(12)18-10-11-6-4-3-5-7-11;1-4-2-3/h3-9H,10H2,1-2H3;2H,1H3. The van der Waals surface area contributed by atoms with Gasteiger partial charge < -0.3 is 18.9 Å². The van der Waals surface area contributed by atoms with Gasteiger partial charge >= 0.3 is 0 Å². The number of carbonyl (C=O) groups excluding carboxylic acids is 1. The Morgan fingerprint density at radius 2 is 1.73 bits per heavy atom. The lowest BCUT2D eigenvalue weighted by atomic mass is 10.2.